The molecule has 4 nitrogen and oxygen atoms in total. The molecule has 1 fully saturated rings. The van der Waals surface area contributed by atoms with Crippen molar-refractivity contribution in [2.24, 2.45) is 17.3 Å². The average molecular weight is 335 g/mol. The first-order valence-corrected chi connectivity index (χ1v) is 8.03. The van der Waals surface area contributed by atoms with Crippen molar-refractivity contribution >= 4 is 34.8 Å². The summed E-state index contributed by atoms with van der Waals surface area (Å²) in [5.41, 5.74) is 2.36. The maximum absolute atomic E-state index is 12.5. The Kier molecular flexibility index (Phi) is 4.85. The van der Waals surface area contributed by atoms with Gasteiger partial charge in [-0.15, -0.1) is 0 Å². The van der Waals surface area contributed by atoms with Crippen LogP contribution in [0.4, 0.5) is 11.4 Å². The number of anilines is 2. The average Bonchev–Trinajstić information content (AvgIpc) is 2.92. The van der Waals surface area contributed by atoms with E-state index < -0.39 is 0 Å². The molecule has 0 saturated heterocycles. The number of nitrogens with one attached hydrogen (secondary N) is 2. The van der Waals surface area contributed by atoms with Crippen LogP contribution >= 0.6 is 11.6 Å². The fourth-order valence-corrected chi connectivity index (χ4v) is 3.18. The summed E-state index contributed by atoms with van der Waals surface area (Å²) in [6, 6.07) is 5.07. The number of rotatable bonds is 4. The molecule has 1 aliphatic carbocycles. The maximum atomic E-state index is 12.5. The van der Waals surface area contributed by atoms with Crippen molar-refractivity contribution in [2.45, 2.75) is 34.6 Å². The van der Waals surface area contributed by atoms with Crippen LogP contribution in [-0.2, 0) is 9.59 Å². The first-order chi connectivity index (χ1) is 10.6. The van der Waals surface area contributed by atoms with Crippen LogP contribution in [0.1, 0.15) is 34.6 Å². The number of benzene rings is 1. The van der Waals surface area contributed by atoms with Crippen LogP contribution in [-0.4, -0.2) is 11.8 Å². The summed E-state index contributed by atoms with van der Waals surface area (Å²) in [5.74, 6) is 0.0432. The van der Waals surface area contributed by atoms with Crippen LogP contribution in [0.3, 0.4) is 0 Å². The molecule has 1 aliphatic rings. The number of halogens is 1. The van der Waals surface area contributed by atoms with Gasteiger partial charge in [0, 0.05) is 12.6 Å². The molecule has 0 bridgehead atoms. The first kappa shape index (κ1) is 17.5. The number of allylic oxidation sites excluding steroid dienone is 2. The SMILES string of the molecule is CC(=O)Nc1ccc(NC(=O)[C@@H]2[C@@H](C=C(C)C)C2(C)C)cc1Cl. The second-order valence-electron chi connectivity index (χ2n) is 6.93. The third-order valence-corrected chi connectivity index (χ3v) is 4.57. The van der Waals surface area contributed by atoms with E-state index in [9.17, 15) is 9.59 Å². The van der Waals surface area contributed by atoms with Gasteiger partial charge in [-0.3, -0.25) is 9.59 Å². The van der Waals surface area contributed by atoms with E-state index in [2.05, 4.69) is 30.6 Å². The largest absolute Gasteiger partial charge is 0.326 e. The Bertz CT molecular complexity index is 676. The fourth-order valence-electron chi connectivity index (χ4n) is 2.95. The van der Waals surface area contributed by atoms with Crippen LogP contribution in [0, 0.1) is 17.3 Å². The third kappa shape index (κ3) is 3.94. The minimum Gasteiger partial charge on any atom is -0.326 e. The van der Waals surface area contributed by atoms with Gasteiger partial charge in [0.2, 0.25) is 11.8 Å². The summed E-state index contributed by atoms with van der Waals surface area (Å²) in [7, 11) is 0. The minimum atomic E-state index is -0.187. The third-order valence-electron chi connectivity index (χ3n) is 4.25. The number of carbonyl (C=O) groups excluding carboxylic acids is 2. The first-order valence-electron chi connectivity index (χ1n) is 7.66. The van der Waals surface area contributed by atoms with Crippen LogP contribution < -0.4 is 10.6 Å². The van der Waals surface area contributed by atoms with E-state index in [-0.39, 0.29) is 29.1 Å². The standard InChI is InChI=1S/C18H23ClN2O2/c1-10(2)8-13-16(18(13,4)5)17(23)21-12-6-7-15(14(19)9-12)20-11(3)22/h6-9,13,16H,1-5H3,(H,20,22)(H,21,23)/t13-,16+/m1/s1. The van der Waals surface area contributed by atoms with Crippen LogP contribution in [0.25, 0.3) is 0 Å². The van der Waals surface area contributed by atoms with Gasteiger partial charge in [-0.05, 0) is 43.4 Å². The van der Waals surface area contributed by atoms with Gasteiger partial charge in [0.25, 0.3) is 0 Å². The highest BCUT2D eigenvalue weighted by molar-refractivity contribution is 6.34. The zero-order valence-corrected chi connectivity index (χ0v) is 14.9. The maximum Gasteiger partial charge on any atom is 0.228 e. The lowest BCUT2D eigenvalue weighted by molar-refractivity contribution is -0.118. The summed E-state index contributed by atoms with van der Waals surface area (Å²) < 4.78 is 0. The number of hydrogen-bond acceptors (Lipinski definition) is 2. The Balaban J connectivity index is 2.08. The highest BCUT2D eigenvalue weighted by Gasteiger charge is 2.60. The minimum absolute atomic E-state index is 0.000781. The molecule has 1 saturated carbocycles. The van der Waals surface area contributed by atoms with E-state index in [4.69, 9.17) is 11.6 Å². The Labute approximate surface area is 142 Å². The lowest BCUT2D eigenvalue weighted by Gasteiger charge is -2.09. The second-order valence-corrected chi connectivity index (χ2v) is 7.34. The van der Waals surface area contributed by atoms with Crippen molar-refractivity contribution in [3.63, 3.8) is 0 Å². The van der Waals surface area contributed by atoms with Gasteiger partial charge < -0.3 is 10.6 Å². The summed E-state index contributed by atoms with van der Waals surface area (Å²) in [6.07, 6.45) is 2.16. The molecule has 0 radical (unpaired) electrons. The highest BCUT2D eigenvalue weighted by atomic mass is 35.5. The molecule has 0 unspecified atom stereocenters. The molecule has 2 atom stereocenters. The molecule has 2 rings (SSSR count). The van der Waals surface area contributed by atoms with Gasteiger partial charge in [0.05, 0.1) is 16.6 Å². The summed E-state index contributed by atoms with van der Waals surface area (Å²) >= 11 is 6.13. The van der Waals surface area contributed by atoms with Gasteiger partial charge >= 0.3 is 0 Å². The van der Waals surface area contributed by atoms with E-state index in [1.165, 1.54) is 12.5 Å². The topological polar surface area (TPSA) is 58.2 Å². The smallest absolute Gasteiger partial charge is 0.228 e. The predicted octanol–water partition coefficient (Wildman–Crippen LogP) is 4.48. The van der Waals surface area contributed by atoms with Crippen molar-refractivity contribution in [2.75, 3.05) is 10.6 Å². The van der Waals surface area contributed by atoms with E-state index in [1.54, 1.807) is 18.2 Å². The van der Waals surface area contributed by atoms with Gasteiger partial charge in [0.1, 0.15) is 0 Å². The van der Waals surface area contributed by atoms with Gasteiger partial charge in [-0.25, -0.2) is 0 Å². The van der Waals surface area contributed by atoms with E-state index >= 15 is 0 Å². The predicted molar refractivity (Wildman–Crippen MR) is 94.6 cm³/mol. The molecule has 0 aromatic heterocycles. The number of carbonyl (C=O) groups is 2. The molecule has 2 N–H and O–H groups in total. The highest BCUT2D eigenvalue weighted by Crippen LogP contribution is 2.59. The number of amides is 2. The fraction of sp³-hybridized carbons (Fsp3) is 0.444. The second kappa shape index (κ2) is 6.36. The van der Waals surface area contributed by atoms with Gasteiger partial charge in [0.15, 0.2) is 0 Å². The van der Waals surface area contributed by atoms with Gasteiger partial charge in [-0.2, -0.15) is 0 Å². The summed E-state index contributed by atoms with van der Waals surface area (Å²) in [5, 5.41) is 5.95. The van der Waals surface area contributed by atoms with E-state index in [0.29, 0.717) is 16.4 Å². The Morgan fingerprint density at radius 2 is 1.83 bits per heavy atom. The monoisotopic (exact) mass is 334 g/mol. The van der Waals surface area contributed by atoms with Crippen molar-refractivity contribution in [1.82, 2.24) is 0 Å². The van der Waals surface area contributed by atoms with Crippen LogP contribution in [0.15, 0.2) is 29.8 Å². The Morgan fingerprint density at radius 3 is 2.35 bits per heavy atom. The zero-order chi connectivity index (χ0) is 17.4. The molecule has 0 spiro atoms. The molecule has 1 aromatic rings. The van der Waals surface area contributed by atoms with Crippen LogP contribution in [0.5, 0.6) is 0 Å². The number of hydrogen-bond donors (Lipinski definition) is 2. The molecule has 1 aromatic carbocycles. The zero-order valence-electron chi connectivity index (χ0n) is 14.2. The Morgan fingerprint density at radius 1 is 1.17 bits per heavy atom. The summed E-state index contributed by atoms with van der Waals surface area (Å²) in [6.45, 7) is 9.72. The lowest BCUT2D eigenvalue weighted by Crippen LogP contribution is -2.17. The quantitative estimate of drug-likeness (QED) is 0.798. The molecule has 2 amide bonds. The molecular weight excluding hydrogens is 312 g/mol. The van der Waals surface area contributed by atoms with E-state index in [1.807, 2.05) is 13.8 Å². The van der Waals surface area contributed by atoms with Crippen molar-refractivity contribution < 1.29 is 9.59 Å². The van der Waals surface area contributed by atoms with Gasteiger partial charge in [-0.1, -0.05) is 37.1 Å². The van der Waals surface area contributed by atoms with E-state index in [0.717, 1.165) is 0 Å². The normalized spacial score (nSPS) is 21.3. The van der Waals surface area contributed by atoms with Crippen molar-refractivity contribution in [1.29, 1.82) is 0 Å². The molecule has 124 valence electrons. The van der Waals surface area contributed by atoms with Crippen LogP contribution in [0.2, 0.25) is 5.02 Å². The molecule has 0 heterocycles. The lowest BCUT2D eigenvalue weighted by atomic mass is 10.1. The van der Waals surface area contributed by atoms with Crippen molar-refractivity contribution in [3.05, 3.63) is 34.9 Å². The summed E-state index contributed by atoms with van der Waals surface area (Å²) in [4.78, 5) is 23.6. The molecular formula is C18H23ClN2O2. The van der Waals surface area contributed by atoms with Crippen molar-refractivity contribution in [3.8, 4) is 0 Å². The Hall–Kier alpha value is -1.81. The molecule has 23 heavy (non-hydrogen) atoms. The molecule has 5 heteroatoms. The molecule has 0 aliphatic heterocycles.